The average molecular weight is 400 g/mol. The van der Waals surface area contributed by atoms with Gasteiger partial charge in [0, 0.05) is 24.4 Å². The van der Waals surface area contributed by atoms with Crippen LogP contribution in [0.25, 0.3) is 10.9 Å². The number of rotatable bonds is 5. The molecule has 154 valence electrons. The van der Waals surface area contributed by atoms with Gasteiger partial charge in [0.2, 0.25) is 0 Å². The summed E-state index contributed by atoms with van der Waals surface area (Å²) in [5.41, 5.74) is 3.74. The van der Waals surface area contributed by atoms with E-state index in [1.165, 1.54) is 11.8 Å². The maximum atomic E-state index is 13.9. The van der Waals surface area contributed by atoms with Gasteiger partial charge in [-0.15, -0.1) is 0 Å². The molecule has 8 heteroatoms. The smallest absolute Gasteiger partial charge is 0.146 e. The zero-order chi connectivity index (χ0) is 20.2. The largest absolute Gasteiger partial charge is 0.484 e. The minimum absolute atomic E-state index is 0.0731. The summed E-state index contributed by atoms with van der Waals surface area (Å²) in [6.07, 6.45) is 3.23. The molecule has 1 saturated heterocycles. The second kappa shape index (κ2) is 8.84. The minimum Gasteiger partial charge on any atom is -0.484 e. The molecule has 3 heterocycles. The van der Waals surface area contributed by atoms with Gasteiger partial charge in [0.15, 0.2) is 0 Å². The van der Waals surface area contributed by atoms with Crippen molar-refractivity contribution >= 4 is 22.8 Å². The van der Waals surface area contributed by atoms with Gasteiger partial charge in [-0.05, 0) is 49.1 Å². The highest BCUT2D eigenvalue weighted by atomic mass is 19.1. The van der Waals surface area contributed by atoms with E-state index in [-0.39, 0.29) is 6.61 Å². The molecule has 2 aliphatic rings. The number of halogens is 1. The van der Waals surface area contributed by atoms with Crippen molar-refractivity contribution in [2.24, 2.45) is 15.9 Å². The lowest BCUT2D eigenvalue weighted by atomic mass is 10.00. The fourth-order valence-electron chi connectivity index (χ4n) is 3.66. The zero-order valence-corrected chi connectivity index (χ0v) is 16.4. The van der Waals surface area contributed by atoms with E-state index in [0.29, 0.717) is 37.7 Å². The standard InChI is InChI=1S/C21H25FN4O3/c1-13(21(26-23)10-25-20-5-7-28-12-18(20)22)29-15-2-3-19-17(8-15)16-4-6-27-11-14(16)9-24-19/h2-3,8-10,13,18,20H,4-7,11-12,23H2,1H3/b25-10?,26-21+/t13-,18-,20+/m1/s1. The van der Waals surface area contributed by atoms with Crippen LogP contribution in [0.4, 0.5) is 4.39 Å². The quantitative estimate of drug-likeness (QED) is 0.473. The average Bonchev–Trinajstić information content (AvgIpc) is 2.75. The van der Waals surface area contributed by atoms with E-state index in [1.54, 1.807) is 0 Å². The lowest BCUT2D eigenvalue weighted by molar-refractivity contribution is 0.0246. The van der Waals surface area contributed by atoms with Crippen LogP contribution in [0.1, 0.15) is 24.5 Å². The van der Waals surface area contributed by atoms with Crippen LogP contribution in [0, 0.1) is 0 Å². The summed E-state index contributed by atoms with van der Waals surface area (Å²) in [6.45, 7) is 3.71. The molecule has 0 bridgehead atoms. The molecule has 2 N–H and O–H groups in total. The number of hydrazone groups is 1. The van der Waals surface area contributed by atoms with Crippen molar-refractivity contribution in [1.29, 1.82) is 0 Å². The van der Waals surface area contributed by atoms with Crippen molar-refractivity contribution in [2.75, 3.05) is 19.8 Å². The molecule has 3 atom stereocenters. The third-order valence-electron chi connectivity index (χ3n) is 5.32. The first-order valence-corrected chi connectivity index (χ1v) is 9.83. The van der Waals surface area contributed by atoms with E-state index in [4.69, 9.17) is 20.1 Å². The molecule has 0 radical (unpaired) electrons. The van der Waals surface area contributed by atoms with Crippen LogP contribution in [-0.4, -0.2) is 55.0 Å². The van der Waals surface area contributed by atoms with Gasteiger partial charge in [0.05, 0.1) is 31.4 Å². The Labute approximate surface area is 168 Å². The summed E-state index contributed by atoms with van der Waals surface area (Å²) in [7, 11) is 0. The van der Waals surface area contributed by atoms with E-state index in [0.717, 1.165) is 22.9 Å². The zero-order valence-electron chi connectivity index (χ0n) is 16.4. The molecular formula is C21H25FN4O3. The Morgan fingerprint density at radius 3 is 3.10 bits per heavy atom. The normalized spacial score (nSPS) is 23.9. The maximum Gasteiger partial charge on any atom is 0.146 e. The second-order valence-electron chi connectivity index (χ2n) is 7.28. The maximum absolute atomic E-state index is 13.9. The first-order chi connectivity index (χ1) is 14.2. The predicted octanol–water partition coefficient (Wildman–Crippen LogP) is 2.59. The molecule has 1 fully saturated rings. The van der Waals surface area contributed by atoms with Crippen molar-refractivity contribution in [2.45, 2.75) is 44.7 Å². The molecular weight excluding hydrogens is 375 g/mol. The molecule has 1 aromatic carbocycles. The SMILES string of the molecule is C[C@@H](Oc1ccc2ncc3c(c2c1)CCOC3)/C(C=N[C@H]1CCOC[C@H]1F)=N/N. The van der Waals surface area contributed by atoms with Crippen LogP contribution in [0.2, 0.25) is 0 Å². The van der Waals surface area contributed by atoms with Gasteiger partial charge in [-0.25, -0.2) is 4.39 Å². The number of hydrogen-bond acceptors (Lipinski definition) is 7. The van der Waals surface area contributed by atoms with Crippen LogP contribution < -0.4 is 10.6 Å². The van der Waals surface area contributed by atoms with Gasteiger partial charge in [0.25, 0.3) is 0 Å². The van der Waals surface area contributed by atoms with Crippen molar-refractivity contribution in [3.8, 4) is 5.75 Å². The van der Waals surface area contributed by atoms with Crippen LogP contribution in [0.5, 0.6) is 5.75 Å². The Bertz CT molecular complexity index is 934. The molecule has 29 heavy (non-hydrogen) atoms. The van der Waals surface area contributed by atoms with E-state index in [9.17, 15) is 4.39 Å². The molecule has 0 unspecified atom stereocenters. The highest BCUT2D eigenvalue weighted by molar-refractivity contribution is 6.32. The fourth-order valence-corrected chi connectivity index (χ4v) is 3.66. The van der Waals surface area contributed by atoms with Crippen molar-refractivity contribution in [3.63, 3.8) is 0 Å². The summed E-state index contributed by atoms with van der Waals surface area (Å²) in [5.74, 6) is 6.22. The fraction of sp³-hybridized carbons (Fsp3) is 0.476. The number of benzene rings is 1. The minimum atomic E-state index is -1.11. The Morgan fingerprint density at radius 1 is 1.38 bits per heavy atom. The van der Waals surface area contributed by atoms with Gasteiger partial charge < -0.3 is 20.1 Å². The van der Waals surface area contributed by atoms with Crippen molar-refractivity contribution in [3.05, 3.63) is 35.5 Å². The Hall–Kier alpha value is -2.58. The summed E-state index contributed by atoms with van der Waals surface area (Å²) in [5, 5.41) is 4.85. The number of hydrogen-bond donors (Lipinski definition) is 1. The molecule has 4 rings (SSSR count). The number of fused-ring (bicyclic) bond motifs is 3. The van der Waals surface area contributed by atoms with E-state index >= 15 is 0 Å². The molecule has 2 aliphatic heterocycles. The summed E-state index contributed by atoms with van der Waals surface area (Å²) < 4.78 is 30.6. The number of alkyl halides is 1. The van der Waals surface area contributed by atoms with Gasteiger partial charge >= 0.3 is 0 Å². The number of pyridine rings is 1. The molecule has 2 aromatic rings. The van der Waals surface area contributed by atoms with Crippen LogP contribution in [-0.2, 0) is 22.5 Å². The number of nitrogens with two attached hydrogens (primary N) is 1. The number of ether oxygens (including phenoxy) is 3. The van der Waals surface area contributed by atoms with Gasteiger partial charge in [-0.3, -0.25) is 9.98 Å². The second-order valence-corrected chi connectivity index (χ2v) is 7.28. The number of aromatic nitrogens is 1. The lowest BCUT2D eigenvalue weighted by Gasteiger charge is -2.23. The monoisotopic (exact) mass is 400 g/mol. The lowest BCUT2D eigenvalue weighted by Crippen LogP contribution is -2.33. The van der Waals surface area contributed by atoms with Crippen LogP contribution in [0.15, 0.2) is 34.5 Å². The molecule has 0 spiro atoms. The highest BCUT2D eigenvalue weighted by Crippen LogP contribution is 2.28. The van der Waals surface area contributed by atoms with Crippen molar-refractivity contribution in [1.82, 2.24) is 4.98 Å². The molecule has 0 amide bonds. The van der Waals surface area contributed by atoms with E-state index in [2.05, 4.69) is 15.1 Å². The molecule has 0 aliphatic carbocycles. The predicted molar refractivity (Wildman–Crippen MR) is 109 cm³/mol. The Kier molecular flexibility index (Phi) is 6.01. The van der Waals surface area contributed by atoms with Crippen molar-refractivity contribution < 1.29 is 18.6 Å². The van der Waals surface area contributed by atoms with Gasteiger partial charge in [-0.2, -0.15) is 5.10 Å². The first-order valence-electron chi connectivity index (χ1n) is 9.83. The Morgan fingerprint density at radius 2 is 2.28 bits per heavy atom. The summed E-state index contributed by atoms with van der Waals surface area (Å²) in [4.78, 5) is 8.82. The molecule has 7 nitrogen and oxygen atoms in total. The van der Waals surface area contributed by atoms with Gasteiger partial charge in [-0.1, -0.05) is 0 Å². The first kappa shape index (κ1) is 19.7. The third-order valence-corrected chi connectivity index (χ3v) is 5.32. The number of nitrogens with zero attached hydrogens (tertiary/aromatic N) is 3. The summed E-state index contributed by atoms with van der Waals surface area (Å²) >= 11 is 0. The van der Waals surface area contributed by atoms with E-state index in [1.807, 2.05) is 31.3 Å². The molecule has 0 saturated carbocycles. The summed E-state index contributed by atoms with van der Waals surface area (Å²) in [6, 6.07) is 5.37. The van der Waals surface area contributed by atoms with Gasteiger partial charge in [0.1, 0.15) is 23.7 Å². The van der Waals surface area contributed by atoms with Crippen LogP contribution in [0.3, 0.4) is 0 Å². The highest BCUT2D eigenvalue weighted by Gasteiger charge is 2.24. The number of aliphatic imine (C=N–C) groups is 1. The Balaban J connectivity index is 1.50. The topological polar surface area (TPSA) is 91.3 Å². The van der Waals surface area contributed by atoms with E-state index < -0.39 is 18.3 Å². The molecule has 1 aromatic heterocycles. The third kappa shape index (κ3) is 4.38. The van der Waals surface area contributed by atoms with Crippen LogP contribution >= 0.6 is 0 Å².